The highest BCUT2D eigenvalue weighted by Gasteiger charge is 2.13. The van der Waals surface area contributed by atoms with Crippen LogP contribution in [0.1, 0.15) is 5.56 Å². The number of carbonyl (C=O) groups is 2. The maximum Gasteiger partial charge on any atom is 0.239 e. The van der Waals surface area contributed by atoms with E-state index in [2.05, 4.69) is 10.6 Å². The molecule has 0 atom stereocenters. The molecule has 136 valence electrons. The summed E-state index contributed by atoms with van der Waals surface area (Å²) in [5.74, 6) is 1.52. The van der Waals surface area contributed by atoms with Crippen LogP contribution in [0.15, 0.2) is 48.5 Å². The van der Waals surface area contributed by atoms with Gasteiger partial charge in [0.15, 0.2) is 11.5 Å². The summed E-state index contributed by atoms with van der Waals surface area (Å²) in [5, 5.41) is 5.29. The number of fused-ring (bicyclic) bond motifs is 1. The molecule has 0 saturated heterocycles. The van der Waals surface area contributed by atoms with E-state index >= 15 is 0 Å². The molecule has 0 aliphatic carbocycles. The molecule has 3 rings (SSSR count). The molecule has 1 aliphatic heterocycles. The van der Waals surface area contributed by atoms with Gasteiger partial charge in [-0.2, -0.15) is 0 Å². The van der Waals surface area contributed by atoms with Gasteiger partial charge in [-0.15, -0.1) is 0 Å². The van der Waals surface area contributed by atoms with Gasteiger partial charge in [0.25, 0.3) is 0 Å². The van der Waals surface area contributed by atoms with Crippen LogP contribution >= 0.6 is 0 Å². The molecular formula is C19H20N2O5. The van der Waals surface area contributed by atoms with Crippen LogP contribution < -0.4 is 24.8 Å². The molecule has 0 spiro atoms. The van der Waals surface area contributed by atoms with Crippen LogP contribution in [0.3, 0.4) is 0 Å². The number of nitrogens with one attached hydrogen (secondary N) is 2. The van der Waals surface area contributed by atoms with Crippen molar-refractivity contribution in [3.8, 4) is 17.2 Å². The fourth-order valence-corrected chi connectivity index (χ4v) is 2.41. The van der Waals surface area contributed by atoms with Gasteiger partial charge >= 0.3 is 0 Å². The monoisotopic (exact) mass is 356 g/mol. The minimum atomic E-state index is -0.263. The lowest BCUT2D eigenvalue weighted by molar-refractivity contribution is -0.125. The molecule has 1 aliphatic rings. The minimum absolute atomic E-state index is 0.0598. The average Bonchev–Trinajstić information content (AvgIpc) is 3.12. The molecule has 2 aromatic carbocycles. The maximum atomic E-state index is 11.8. The normalized spacial score (nSPS) is 11.7. The van der Waals surface area contributed by atoms with Crippen LogP contribution in [0, 0.1) is 0 Å². The van der Waals surface area contributed by atoms with Crippen molar-refractivity contribution in [3.05, 3.63) is 54.1 Å². The summed E-state index contributed by atoms with van der Waals surface area (Å²) in [6.45, 7) is 0.797. The second kappa shape index (κ2) is 8.75. The lowest BCUT2D eigenvalue weighted by Crippen LogP contribution is -2.39. The summed E-state index contributed by atoms with van der Waals surface area (Å²) < 4.78 is 16.0. The smallest absolute Gasteiger partial charge is 0.239 e. The van der Waals surface area contributed by atoms with Crippen LogP contribution in [-0.4, -0.2) is 38.3 Å². The molecule has 2 amide bonds. The largest absolute Gasteiger partial charge is 0.492 e. The quantitative estimate of drug-likeness (QED) is 0.696. The number of rotatable bonds is 8. The number of amides is 2. The van der Waals surface area contributed by atoms with Crippen molar-refractivity contribution in [1.82, 2.24) is 10.6 Å². The molecule has 7 heteroatoms. The van der Waals surface area contributed by atoms with Gasteiger partial charge in [0, 0.05) is 6.07 Å². The zero-order chi connectivity index (χ0) is 18.2. The first-order valence-electron chi connectivity index (χ1n) is 8.30. The number of carbonyl (C=O) groups excluding carboxylic acids is 2. The predicted octanol–water partition coefficient (Wildman–Crippen LogP) is 1.27. The SMILES string of the molecule is O=C(CNC(=O)Cc1ccccc1)NCCOc1ccc2c(c1)OCO2. The van der Waals surface area contributed by atoms with Gasteiger partial charge in [-0.05, 0) is 17.7 Å². The maximum absolute atomic E-state index is 11.8. The molecule has 2 N–H and O–H groups in total. The summed E-state index contributed by atoms with van der Waals surface area (Å²) in [6.07, 6.45) is 0.251. The third-order valence-electron chi connectivity index (χ3n) is 3.69. The lowest BCUT2D eigenvalue weighted by atomic mass is 10.1. The Kier molecular flexibility index (Phi) is 5.92. The van der Waals surface area contributed by atoms with Crippen LogP contribution in [0.25, 0.3) is 0 Å². The Bertz CT molecular complexity index is 764. The third-order valence-corrected chi connectivity index (χ3v) is 3.69. The fourth-order valence-electron chi connectivity index (χ4n) is 2.41. The van der Waals surface area contributed by atoms with Crippen molar-refractivity contribution in [1.29, 1.82) is 0 Å². The van der Waals surface area contributed by atoms with Gasteiger partial charge in [-0.3, -0.25) is 9.59 Å². The number of hydrogen-bond donors (Lipinski definition) is 2. The van der Waals surface area contributed by atoms with Gasteiger partial charge in [-0.25, -0.2) is 0 Å². The van der Waals surface area contributed by atoms with Crippen molar-refractivity contribution < 1.29 is 23.8 Å². The minimum Gasteiger partial charge on any atom is -0.492 e. The summed E-state index contributed by atoms with van der Waals surface area (Å²) >= 11 is 0. The fraction of sp³-hybridized carbons (Fsp3) is 0.263. The molecule has 7 nitrogen and oxygen atoms in total. The molecule has 0 unspecified atom stereocenters. The number of ether oxygens (including phenoxy) is 3. The Hall–Kier alpha value is -3.22. The van der Waals surface area contributed by atoms with E-state index in [1.807, 2.05) is 30.3 Å². The molecular weight excluding hydrogens is 336 g/mol. The molecule has 1 heterocycles. The number of hydrogen-bond acceptors (Lipinski definition) is 5. The Morgan fingerprint density at radius 2 is 1.77 bits per heavy atom. The molecule has 26 heavy (non-hydrogen) atoms. The molecule has 2 aromatic rings. The Morgan fingerprint density at radius 1 is 0.962 bits per heavy atom. The second-order valence-corrected chi connectivity index (χ2v) is 5.65. The topological polar surface area (TPSA) is 85.9 Å². The highest BCUT2D eigenvalue weighted by Crippen LogP contribution is 2.34. The van der Waals surface area contributed by atoms with E-state index in [9.17, 15) is 9.59 Å². The summed E-state index contributed by atoms with van der Waals surface area (Å²) in [6, 6.07) is 14.7. The highest BCUT2D eigenvalue weighted by atomic mass is 16.7. The van der Waals surface area contributed by atoms with Gasteiger partial charge in [0.2, 0.25) is 18.6 Å². The summed E-state index contributed by atoms with van der Waals surface area (Å²) in [7, 11) is 0. The van der Waals surface area contributed by atoms with E-state index in [0.717, 1.165) is 5.56 Å². The molecule has 0 saturated carbocycles. The Labute approximate surface area is 151 Å². The van der Waals surface area contributed by atoms with Crippen LogP contribution in [0.5, 0.6) is 17.2 Å². The first kappa shape index (κ1) is 17.6. The van der Waals surface area contributed by atoms with Crippen LogP contribution in [0.2, 0.25) is 0 Å². The van der Waals surface area contributed by atoms with E-state index in [0.29, 0.717) is 30.4 Å². The number of benzene rings is 2. The predicted molar refractivity (Wildman–Crippen MR) is 94.2 cm³/mol. The van der Waals surface area contributed by atoms with E-state index < -0.39 is 0 Å². The van der Waals surface area contributed by atoms with Gasteiger partial charge in [-0.1, -0.05) is 30.3 Å². The first-order valence-corrected chi connectivity index (χ1v) is 8.30. The summed E-state index contributed by atoms with van der Waals surface area (Å²) in [5.41, 5.74) is 0.905. The van der Waals surface area contributed by atoms with Gasteiger partial charge in [0.05, 0.1) is 19.5 Å². The first-order chi connectivity index (χ1) is 12.7. The van der Waals surface area contributed by atoms with E-state index in [4.69, 9.17) is 14.2 Å². The van der Waals surface area contributed by atoms with Gasteiger partial charge < -0.3 is 24.8 Å². The van der Waals surface area contributed by atoms with Crippen molar-refractivity contribution in [2.75, 3.05) is 26.5 Å². The molecule has 0 radical (unpaired) electrons. The van der Waals surface area contributed by atoms with E-state index in [-0.39, 0.29) is 31.6 Å². The zero-order valence-electron chi connectivity index (χ0n) is 14.2. The third kappa shape index (κ3) is 5.14. The molecule has 0 fully saturated rings. The van der Waals surface area contributed by atoms with Crippen molar-refractivity contribution in [2.24, 2.45) is 0 Å². The van der Waals surface area contributed by atoms with Crippen molar-refractivity contribution >= 4 is 11.8 Å². The highest BCUT2D eigenvalue weighted by molar-refractivity contribution is 5.85. The van der Waals surface area contributed by atoms with E-state index in [1.54, 1.807) is 18.2 Å². The lowest BCUT2D eigenvalue weighted by Gasteiger charge is -2.09. The van der Waals surface area contributed by atoms with Crippen LogP contribution in [0.4, 0.5) is 0 Å². The van der Waals surface area contributed by atoms with E-state index in [1.165, 1.54) is 0 Å². The molecule has 0 bridgehead atoms. The van der Waals surface area contributed by atoms with Crippen molar-refractivity contribution in [3.63, 3.8) is 0 Å². The molecule has 0 aromatic heterocycles. The standard InChI is InChI=1S/C19H20N2O5/c22-18(10-14-4-2-1-3-5-14)21-12-19(23)20-8-9-24-15-6-7-16-17(11-15)26-13-25-16/h1-7,11H,8-10,12-13H2,(H,20,23)(H,21,22). The van der Waals surface area contributed by atoms with Gasteiger partial charge in [0.1, 0.15) is 12.4 Å². The van der Waals surface area contributed by atoms with Crippen LogP contribution in [-0.2, 0) is 16.0 Å². The summed E-state index contributed by atoms with van der Waals surface area (Å²) in [4.78, 5) is 23.5. The Morgan fingerprint density at radius 3 is 2.62 bits per heavy atom. The van der Waals surface area contributed by atoms with Crippen molar-refractivity contribution in [2.45, 2.75) is 6.42 Å². The second-order valence-electron chi connectivity index (χ2n) is 5.65. The average molecular weight is 356 g/mol. The zero-order valence-corrected chi connectivity index (χ0v) is 14.2. The Balaban J connectivity index is 1.30.